The van der Waals surface area contributed by atoms with Crippen molar-refractivity contribution in [3.63, 3.8) is 0 Å². The Hall–Kier alpha value is -1.45. The van der Waals surface area contributed by atoms with Crippen LogP contribution in [0.3, 0.4) is 0 Å². The Morgan fingerprint density at radius 3 is 2.50 bits per heavy atom. The van der Waals surface area contributed by atoms with E-state index in [2.05, 4.69) is 0 Å². The number of hydrogen-bond donors (Lipinski definition) is 0. The summed E-state index contributed by atoms with van der Waals surface area (Å²) in [6, 6.07) is 9.49. The Kier molecular flexibility index (Phi) is 6.31. The van der Waals surface area contributed by atoms with Crippen LogP contribution in [0.1, 0.15) is 25.7 Å². The van der Waals surface area contributed by atoms with Crippen LogP contribution in [0.4, 0.5) is 0 Å². The lowest BCUT2D eigenvalue weighted by Crippen LogP contribution is -2.62. The summed E-state index contributed by atoms with van der Waals surface area (Å²) in [4.78, 5) is 23.4. The SMILES string of the molecule is CO[C@@H]1O[C@@H]2COC(c3ccccc3)O[C@H]2[C@H](OC(C)=O)[C@@H]1SC(C)=O. The highest BCUT2D eigenvalue weighted by molar-refractivity contribution is 8.14. The molecule has 2 saturated heterocycles. The first-order chi connectivity index (χ1) is 12.5. The van der Waals surface area contributed by atoms with Gasteiger partial charge >= 0.3 is 5.97 Å². The first kappa shape index (κ1) is 19.3. The van der Waals surface area contributed by atoms with Gasteiger partial charge in [0.1, 0.15) is 23.6 Å². The van der Waals surface area contributed by atoms with Gasteiger partial charge in [0.15, 0.2) is 17.7 Å². The fourth-order valence-corrected chi connectivity index (χ4v) is 4.17. The van der Waals surface area contributed by atoms with Crippen molar-refractivity contribution >= 4 is 22.8 Å². The summed E-state index contributed by atoms with van der Waals surface area (Å²) in [6.07, 6.45) is -3.04. The van der Waals surface area contributed by atoms with Gasteiger partial charge in [-0.3, -0.25) is 9.59 Å². The zero-order valence-corrected chi connectivity index (χ0v) is 15.6. The second-order valence-corrected chi connectivity index (χ2v) is 7.46. The molecule has 0 saturated carbocycles. The molecular formula is C18H22O7S. The summed E-state index contributed by atoms with van der Waals surface area (Å²) in [5, 5.41) is -0.653. The Morgan fingerprint density at radius 2 is 1.88 bits per heavy atom. The Balaban J connectivity index is 1.86. The van der Waals surface area contributed by atoms with Gasteiger partial charge in [-0.25, -0.2) is 0 Å². The number of esters is 1. The van der Waals surface area contributed by atoms with E-state index in [0.717, 1.165) is 17.3 Å². The molecule has 0 amide bonds. The second-order valence-electron chi connectivity index (χ2n) is 6.10. The topological polar surface area (TPSA) is 80.3 Å². The van der Waals surface area contributed by atoms with Crippen molar-refractivity contribution in [2.75, 3.05) is 13.7 Å². The molecule has 2 aliphatic rings. The minimum atomic E-state index is -0.713. The number of hydrogen-bond acceptors (Lipinski definition) is 8. The molecule has 8 heteroatoms. The standard InChI is InChI=1S/C18H22O7S/c1-10(19)23-15-14-13(24-18(21-3)16(15)26-11(2)20)9-22-17(25-14)12-7-5-4-6-8-12/h4-8,13-18H,9H2,1-3H3/t13-,14-,15+,16+,17?,18-/m1/s1. The van der Waals surface area contributed by atoms with E-state index in [9.17, 15) is 9.59 Å². The number of methoxy groups -OCH3 is 1. The van der Waals surface area contributed by atoms with Crippen LogP contribution in [0.25, 0.3) is 0 Å². The zero-order valence-electron chi connectivity index (χ0n) is 14.8. The molecule has 0 N–H and O–H groups in total. The third-order valence-corrected chi connectivity index (χ3v) is 5.29. The van der Waals surface area contributed by atoms with Crippen LogP contribution >= 0.6 is 11.8 Å². The number of fused-ring (bicyclic) bond motifs is 1. The molecule has 0 spiro atoms. The molecule has 0 bridgehead atoms. The van der Waals surface area contributed by atoms with E-state index >= 15 is 0 Å². The predicted molar refractivity (Wildman–Crippen MR) is 93.3 cm³/mol. The molecule has 1 aromatic rings. The maximum absolute atomic E-state index is 11.7. The Bertz CT molecular complexity index is 638. The van der Waals surface area contributed by atoms with E-state index in [1.165, 1.54) is 21.0 Å². The molecular weight excluding hydrogens is 360 g/mol. The normalized spacial score (nSPS) is 34.0. The van der Waals surface area contributed by atoms with Gasteiger partial charge in [0.2, 0.25) is 0 Å². The van der Waals surface area contributed by atoms with Crippen molar-refractivity contribution in [2.24, 2.45) is 0 Å². The monoisotopic (exact) mass is 382 g/mol. The third-order valence-electron chi connectivity index (χ3n) is 4.19. The van der Waals surface area contributed by atoms with E-state index in [1.54, 1.807) is 0 Å². The largest absolute Gasteiger partial charge is 0.458 e. The van der Waals surface area contributed by atoms with E-state index < -0.39 is 42.1 Å². The highest BCUT2D eigenvalue weighted by Gasteiger charge is 2.52. The molecule has 1 aromatic carbocycles. The van der Waals surface area contributed by atoms with Crippen LogP contribution in [-0.2, 0) is 33.3 Å². The second kappa shape index (κ2) is 8.49. The van der Waals surface area contributed by atoms with Crippen molar-refractivity contribution in [2.45, 2.75) is 50.0 Å². The summed E-state index contributed by atoms with van der Waals surface area (Å²) in [5.41, 5.74) is 0.858. The number of thioether (sulfide) groups is 1. The van der Waals surface area contributed by atoms with Gasteiger partial charge in [0, 0.05) is 26.5 Å². The van der Waals surface area contributed by atoms with Crippen LogP contribution in [0, 0.1) is 0 Å². The van der Waals surface area contributed by atoms with Gasteiger partial charge in [0.25, 0.3) is 0 Å². The highest BCUT2D eigenvalue weighted by atomic mass is 32.2. The summed E-state index contributed by atoms with van der Waals surface area (Å²) in [5.74, 6) is -0.453. The van der Waals surface area contributed by atoms with Crippen molar-refractivity contribution in [1.29, 1.82) is 0 Å². The number of carbonyl (C=O) groups excluding carboxylic acids is 2. The van der Waals surface area contributed by atoms with E-state index in [-0.39, 0.29) is 11.7 Å². The van der Waals surface area contributed by atoms with Gasteiger partial charge < -0.3 is 23.7 Å². The molecule has 26 heavy (non-hydrogen) atoms. The minimum Gasteiger partial charge on any atom is -0.458 e. The van der Waals surface area contributed by atoms with Crippen LogP contribution in [0.15, 0.2) is 30.3 Å². The molecule has 6 atom stereocenters. The summed E-state index contributed by atoms with van der Waals surface area (Å²) >= 11 is 1.02. The molecule has 142 valence electrons. The minimum absolute atomic E-state index is 0.122. The maximum Gasteiger partial charge on any atom is 0.303 e. The van der Waals surface area contributed by atoms with Crippen molar-refractivity contribution in [3.8, 4) is 0 Å². The predicted octanol–water partition coefficient (Wildman–Crippen LogP) is 2.05. The summed E-state index contributed by atoms with van der Waals surface area (Å²) < 4.78 is 28.7. The van der Waals surface area contributed by atoms with Crippen molar-refractivity contribution in [3.05, 3.63) is 35.9 Å². The van der Waals surface area contributed by atoms with E-state index in [1.807, 2.05) is 30.3 Å². The molecule has 2 heterocycles. The lowest BCUT2D eigenvalue weighted by molar-refractivity contribution is -0.332. The fourth-order valence-electron chi connectivity index (χ4n) is 3.16. The average molecular weight is 382 g/mol. The van der Waals surface area contributed by atoms with Crippen LogP contribution in [0.2, 0.25) is 0 Å². The van der Waals surface area contributed by atoms with Crippen LogP contribution in [-0.4, -0.2) is 54.7 Å². The molecule has 1 unspecified atom stereocenters. The average Bonchev–Trinajstić information content (AvgIpc) is 2.63. The molecule has 7 nitrogen and oxygen atoms in total. The smallest absolute Gasteiger partial charge is 0.303 e. The number of benzene rings is 1. The van der Waals surface area contributed by atoms with Gasteiger partial charge in [0.05, 0.1) is 6.61 Å². The lowest BCUT2D eigenvalue weighted by Gasteiger charge is -2.48. The Labute approximate surface area is 156 Å². The van der Waals surface area contributed by atoms with Gasteiger partial charge in [-0.2, -0.15) is 0 Å². The molecule has 0 aliphatic carbocycles. The quantitative estimate of drug-likeness (QED) is 0.732. The summed E-state index contributed by atoms with van der Waals surface area (Å²) in [7, 11) is 1.49. The van der Waals surface area contributed by atoms with Crippen LogP contribution in [0.5, 0.6) is 0 Å². The van der Waals surface area contributed by atoms with Crippen molar-refractivity contribution < 1.29 is 33.3 Å². The summed E-state index contributed by atoms with van der Waals surface area (Å²) in [6.45, 7) is 3.04. The number of ether oxygens (including phenoxy) is 5. The van der Waals surface area contributed by atoms with E-state index in [4.69, 9.17) is 23.7 Å². The molecule has 3 rings (SSSR count). The number of carbonyl (C=O) groups is 2. The Morgan fingerprint density at radius 1 is 1.15 bits per heavy atom. The first-order valence-electron chi connectivity index (χ1n) is 8.34. The lowest BCUT2D eigenvalue weighted by atomic mass is 9.99. The molecule has 2 fully saturated rings. The third kappa shape index (κ3) is 4.27. The number of rotatable bonds is 4. The fraction of sp³-hybridized carbons (Fsp3) is 0.556. The molecule has 2 aliphatic heterocycles. The molecule has 0 aromatic heterocycles. The zero-order chi connectivity index (χ0) is 18.7. The van der Waals surface area contributed by atoms with Gasteiger partial charge in [-0.05, 0) is 0 Å². The van der Waals surface area contributed by atoms with Gasteiger partial charge in [-0.15, -0.1) is 0 Å². The highest BCUT2D eigenvalue weighted by Crippen LogP contribution is 2.39. The van der Waals surface area contributed by atoms with Gasteiger partial charge in [-0.1, -0.05) is 42.1 Å². The van der Waals surface area contributed by atoms with Crippen molar-refractivity contribution in [1.82, 2.24) is 0 Å². The first-order valence-corrected chi connectivity index (χ1v) is 9.22. The van der Waals surface area contributed by atoms with E-state index in [0.29, 0.717) is 0 Å². The molecule has 0 radical (unpaired) electrons. The maximum atomic E-state index is 11.7. The van der Waals surface area contributed by atoms with Crippen LogP contribution < -0.4 is 0 Å².